The van der Waals surface area contributed by atoms with Crippen LogP contribution in [0.4, 0.5) is 5.69 Å². The highest BCUT2D eigenvalue weighted by atomic mass is 16.7. The number of ether oxygens (including phenoxy) is 1. The smallest absolute Gasteiger partial charge is 0.251 e. The zero-order valence-corrected chi connectivity index (χ0v) is 32.7. The van der Waals surface area contributed by atoms with Crippen molar-refractivity contribution in [2.24, 2.45) is 29.1 Å². The third kappa shape index (κ3) is 7.88. The SMILES string of the molecule is COc1c(CN2O[C@@H](CO)[C@@H]([C@H](C)O)[C@H]2C(=O)N[C@H]2C[C@H]3C[C@@H]([C@@H]2C)C3(C)C)cccc1-c1cc(C(=O)N[C@H](CO)Cc2ccccc2)cc(N(C)C)c1. The summed E-state index contributed by atoms with van der Waals surface area (Å²) in [7, 11) is 5.40. The second kappa shape index (κ2) is 16.4. The summed E-state index contributed by atoms with van der Waals surface area (Å²) in [5.74, 6) is 0.796. The lowest BCUT2D eigenvalue weighted by atomic mass is 9.45. The summed E-state index contributed by atoms with van der Waals surface area (Å²) < 4.78 is 6.06. The molecule has 2 amide bonds. The number of hydroxylamine groups is 2. The number of nitrogens with zero attached hydrogens (tertiary/aromatic N) is 2. The Balaban J connectivity index is 1.28. The number of benzene rings is 3. The van der Waals surface area contributed by atoms with E-state index in [4.69, 9.17) is 9.57 Å². The van der Waals surface area contributed by atoms with E-state index in [0.717, 1.165) is 34.4 Å². The van der Waals surface area contributed by atoms with Gasteiger partial charge < -0.3 is 35.6 Å². The molecule has 292 valence electrons. The van der Waals surface area contributed by atoms with Gasteiger partial charge in [-0.05, 0) is 78.7 Å². The number of carbonyl (C=O) groups is 2. The molecule has 4 aliphatic rings. The second-order valence-corrected chi connectivity index (χ2v) is 16.4. The molecule has 0 unspecified atom stereocenters. The molecule has 3 aromatic carbocycles. The fourth-order valence-corrected chi connectivity index (χ4v) is 9.31. The topological polar surface area (TPSA) is 144 Å². The van der Waals surface area contributed by atoms with Crippen molar-refractivity contribution in [3.63, 3.8) is 0 Å². The van der Waals surface area contributed by atoms with Crippen LogP contribution in [0.25, 0.3) is 11.1 Å². The van der Waals surface area contributed by atoms with Crippen molar-refractivity contribution >= 4 is 17.5 Å². The van der Waals surface area contributed by atoms with Gasteiger partial charge in [-0.1, -0.05) is 69.3 Å². The molecule has 2 bridgehead atoms. The van der Waals surface area contributed by atoms with Gasteiger partial charge in [0.05, 0.1) is 39.0 Å². The molecule has 3 aliphatic carbocycles. The van der Waals surface area contributed by atoms with Crippen molar-refractivity contribution < 1.29 is 34.5 Å². The monoisotopic (exact) mass is 742 g/mol. The van der Waals surface area contributed by atoms with Gasteiger partial charge in [0.1, 0.15) is 17.9 Å². The average Bonchev–Trinajstić information content (AvgIpc) is 3.53. The summed E-state index contributed by atoms with van der Waals surface area (Å²) >= 11 is 0. The average molecular weight is 743 g/mol. The summed E-state index contributed by atoms with van der Waals surface area (Å²) in [5, 5.41) is 39.3. The van der Waals surface area contributed by atoms with Crippen LogP contribution in [0, 0.1) is 29.1 Å². The summed E-state index contributed by atoms with van der Waals surface area (Å²) in [6.45, 7) is 8.11. The summed E-state index contributed by atoms with van der Waals surface area (Å²) in [4.78, 5) is 36.1. The predicted octanol–water partition coefficient (Wildman–Crippen LogP) is 4.42. The first kappa shape index (κ1) is 39.7. The minimum atomic E-state index is -0.913. The standard InChI is InChI=1S/C43H58N4O7/c1-25-35-20-31(43(35,3)4)21-36(25)45-42(52)39-38(26(2)50)37(24-49)54-47(39)22-28-14-11-15-34(40(28)53-7)29-17-30(19-33(18-29)46(5)6)41(51)44-32(23-48)16-27-12-9-8-10-13-27/h8-15,17-19,25-26,31-32,35-39,48-50H,16,20-24H2,1-7H3,(H,44,51)(H,45,52)/t25-,26-,31+,32-,35-,36-,37-,38+,39-/m0/s1. The predicted molar refractivity (Wildman–Crippen MR) is 209 cm³/mol. The van der Waals surface area contributed by atoms with Crippen LogP contribution in [-0.4, -0.2) is 96.9 Å². The molecule has 3 aromatic rings. The van der Waals surface area contributed by atoms with E-state index >= 15 is 0 Å². The van der Waals surface area contributed by atoms with Crippen molar-refractivity contribution in [2.45, 2.75) is 83.8 Å². The van der Waals surface area contributed by atoms with E-state index < -0.39 is 30.2 Å². The first-order chi connectivity index (χ1) is 25.8. The Morgan fingerprint density at radius 1 is 1.06 bits per heavy atom. The van der Waals surface area contributed by atoms with Crippen molar-refractivity contribution in [2.75, 3.05) is 39.3 Å². The molecule has 54 heavy (non-hydrogen) atoms. The number of hydrogen-bond acceptors (Lipinski definition) is 9. The Morgan fingerprint density at radius 3 is 2.41 bits per heavy atom. The van der Waals surface area contributed by atoms with Gasteiger partial charge in [0.15, 0.2) is 0 Å². The number of anilines is 1. The third-order valence-electron chi connectivity index (χ3n) is 12.6. The molecule has 1 saturated heterocycles. The molecule has 9 atom stereocenters. The molecule has 0 radical (unpaired) electrons. The molecular weight excluding hydrogens is 684 g/mol. The van der Waals surface area contributed by atoms with Crippen LogP contribution in [0.5, 0.6) is 5.75 Å². The first-order valence-electron chi connectivity index (χ1n) is 19.2. The maximum atomic E-state index is 14.2. The van der Waals surface area contributed by atoms with Crippen molar-refractivity contribution in [1.29, 1.82) is 0 Å². The zero-order chi connectivity index (χ0) is 38.9. The van der Waals surface area contributed by atoms with E-state index in [2.05, 4.69) is 31.4 Å². The number of para-hydroxylation sites is 1. The number of fused-ring (bicyclic) bond motifs is 2. The van der Waals surface area contributed by atoms with Crippen LogP contribution in [0.2, 0.25) is 0 Å². The molecular formula is C43H58N4O7. The van der Waals surface area contributed by atoms with Gasteiger partial charge in [0.25, 0.3) is 5.91 Å². The fourth-order valence-electron chi connectivity index (χ4n) is 9.31. The Labute approximate surface area is 319 Å². The molecule has 0 spiro atoms. The molecule has 4 fully saturated rings. The quantitative estimate of drug-likeness (QED) is 0.162. The molecule has 7 rings (SSSR count). The lowest BCUT2D eigenvalue weighted by Crippen LogP contribution is -2.62. The van der Waals surface area contributed by atoms with Gasteiger partial charge in [-0.3, -0.25) is 14.4 Å². The summed E-state index contributed by atoms with van der Waals surface area (Å²) in [5.41, 5.74) is 4.73. The summed E-state index contributed by atoms with van der Waals surface area (Å²) in [6.07, 6.45) is 0.918. The van der Waals surface area contributed by atoms with Crippen LogP contribution in [-0.2, 0) is 22.6 Å². The van der Waals surface area contributed by atoms with Crippen molar-refractivity contribution in [3.05, 3.63) is 83.4 Å². The highest BCUT2D eigenvalue weighted by molar-refractivity contribution is 5.97. The number of nitrogens with one attached hydrogen (secondary N) is 2. The van der Waals surface area contributed by atoms with Crippen LogP contribution < -0.4 is 20.3 Å². The second-order valence-electron chi connectivity index (χ2n) is 16.4. The summed E-state index contributed by atoms with van der Waals surface area (Å²) in [6, 6.07) is 19.8. The van der Waals surface area contributed by atoms with Gasteiger partial charge >= 0.3 is 0 Å². The van der Waals surface area contributed by atoms with Crippen LogP contribution >= 0.6 is 0 Å². The van der Waals surface area contributed by atoms with E-state index in [0.29, 0.717) is 35.5 Å². The Morgan fingerprint density at radius 2 is 1.80 bits per heavy atom. The molecule has 11 heteroatoms. The largest absolute Gasteiger partial charge is 0.496 e. The Bertz CT molecular complexity index is 1780. The highest BCUT2D eigenvalue weighted by Crippen LogP contribution is 2.61. The molecule has 11 nitrogen and oxygen atoms in total. The van der Waals surface area contributed by atoms with E-state index in [9.17, 15) is 24.9 Å². The molecule has 1 aliphatic heterocycles. The normalized spacial score (nSPS) is 27.0. The molecule has 1 heterocycles. The minimum Gasteiger partial charge on any atom is -0.496 e. The van der Waals surface area contributed by atoms with Crippen LogP contribution in [0.1, 0.15) is 62.0 Å². The minimum absolute atomic E-state index is 0.0261. The number of aliphatic hydroxyl groups excluding tert-OH is 3. The fraction of sp³-hybridized carbons (Fsp3) is 0.535. The number of rotatable bonds is 14. The lowest BCUT2D eigenvalue weighted by Gasteiger charge is -2.62. The third-order valence-corrected chi connectivity index (χ3v) is 12.6. The Kier molecular flexibility index (Phi) is 12.0. The number of amides is 2. The van der Waals surface area contributed by atoms with Gasteiger partial charge in [-0.25, -0.2) is 0 Å². The van der Waals surface area contributed by atoms with Gasteiger partial charge in [-0.2, -0.15) is 5.06 Å². The Hall–Kier alpha value is -4.00. The number of methoxy groups -OCH3 is 1. The number of aliphatic hydroxyl groups is 3. The van der Waals surface area contributed by atoms with E-state index in [-0.39, 0.29) is 43.0 Å². The number of hydrogen-bond donors (Lipinski definition) is 5. The van der Waals surface area contributed by atoms with E-state index in [1.165, 1.54) is 6.42 Å². The van der Waals surface area contributed by atoms with Crippen molar-refractivity contribution in [3.8, 4) is 16.9 Å². The van der Waals surface area contributed by atoms with Crippen molar-refractivity contribution in [1.82, 2.24) is 15.7 Å². The van der Waals surface area contributed by atoms with Gasteiger partial charge in [0.2, 0.25) is 5.91 Å². The maximum Gasteiger partial charge on any atom is 0.251 e. The number of carbonyl (C=O) groups excluding carboxylic acids is 2. The lowest BCUT2D eigenvalue weighted by molar-refractivity contribution is -0.183. The van der Waals surface area contributed by atoms with E-state index in [1.807, 2.05) is 85.7 Å². The molecule has 0 aromatic heterocycles. The maximum absolute atomic E-state index is 14.2. The highest BCUT2D eigenvalue weighted by Gasteiger charge is 2.57. The molecule has 5 N–H and O–H groups in total. The van der Waals surface area contributed by atoms with Gasteiger partial charge in [0, 0.05) is 48.4 Å². The molecule has 3 saturated carbocycles. The van der Waals surface area contributed by atoms with E-state index in [1.54, 1.807) is 19.1 Å². The first-order valence-corrected chi connectivity index (χ1v) is 19.2. The van der Waals surface area contributed by atoms with Crippen LogP contribution in [0.3, 0.4) is 0 Å². The van der Waals surface area contributed by atoms with Gasteiger partial charge in [-0.15, -0.1) is 0 Å². The van der Waals surface area contributed by atoms with Crippen LogP contribution in [0.15, 0.2) is 66.7 Å². The zero-order valence-electron chi connectivity index (χ0n) is 32.7.